The van der Waals surface area contributed by atoms with Crippen LogP contribution in [0.5, 0.6) is 0 Å². The van der Waals surface area contributed by atoms with Gasteiger partial charge in [0.25, 0.3) is 5.91 Å². The standard InChI is InChI=1S/C90H150N20O22/c1-26-90(25,106-72(122)60(49-56-32-28-27-29-33-56)100-78(128)86(17,18)107-79(129)87(19,20)103-68(118)54(9)96-73(123)61-34-30-43-109(61)81(131)89(23,24)101-55(10)112)82(132)110-44-31-35-62(110)74(124)95-53(8)67(117)102-83(11,12)66(116)75(125)93-40-37-64(114)97-58(47-51(4)5)70(120)104-84(13,14)76(126)94-41-38-65(115)98-59(48-52(6)7)71(121)105-88(21,22)80(130)108-85(15,16)77(127)99-57(46-50(2)3)69(119)92-39-36-63(113)91-42-45-111/h27-29,32-33,50-54,57-62,66,111,116H,26,30-31,34-49H2,1-25H3,(H,91,113)(H,92,119)(H,93,125)(H,94,126)(H,95,124)(H,96,123)(H,97,114)(H,98,115)(H,99,127)(H,100,128)(H,101,112)(H,102,117)(H,103,118)(H,104,120)(H,105,121)(H,106,122)(H,107,129)(H,108,130)/t53-,54-,57-,58-,59-,60-,61-,62-,66-,90+/m0/s1. The monoisotopic (exact) mass is 1860 g/mol. The molecule has 10 atom stereocenters. The summed E-state index contributed by atoms with van der Waals surface area (Å²) in [7, 11) is 0. The van der Waals surface area contributed by atoms with Crippen LogP contribution < -0.4 is 95.7 Å². The molecule has 0 unspecified atom stereocenters. The van der Waals surface area contributed by atoms with E-state index in [0.717, 1.165) is 0 Å². The smallest absolute Gasteiger partial charge is 0.251 e. The van der Waals surface area contributed by atoms with Gasteiger partial charge in [-0.2, -0.15) is 0 Å². The minimum atomic E-state index is -1.95. The Hall–Kier alpha value is -11.5. The third-order valence-electron chi connectivity index (χ3n) is 22.4. The number of benzene rings is 1. The van der Waals surface area contributed by atoms with Crippen LogP contribution in [0.2, 0.25) is 0 Å². The minimum absolute atomic E-state index is 0.0187. The fraction of sp³-hybridized carbons (Fsp3) is 0.711. The first-order valence-corrected chi connectivity index (χ1v) is 45.2. The van der Waals surface area contributed by atoms with Crippen LogP contribution in [0.1, 0.15) is 249 Å². The van der Waals surface area contributed by atoms with Crippen molar-refractivity contribution in [2.45, 2.75) is 349 Å². The number of likely N-dealkylation sites (tertiary alicyclic amines) is 2. The van der Waals surface area contributed by atoms with Crippen LogP contribution in [-0.4, -0.2) is 283 Å². The Labute approximate surface area is 774 Å². The van der Waals surface area contributed by atoms with Crippen molar-refractivity contribution in [2.24, 2.45) is 17.8 Å². The first-order valence-electron chi connectivity index (χ1n) is 45.2. The number of nitrogens with zero attached hydrogens (tertiary/aromatic N) is 2. The van der Waals surface area contributed by atoms with Crippen LogP contribution in [0.25, 0.3) is 0 Å². The topological polar surface area (TPSA) is 605 Å². The van der Waals surface area contributed by atoms with E-state index in [-0.39, 0.29) is 115 Å². The lowest BCUT2D eigenvalue weighted by molar-refractivity contribution is -0.146. The molecule has 0 radical (unpaired) electrons. The van der Waals surface area contributed by atoms with Crippen LogP contribution in [0.3, 0.4) is 0 Å². The fourth-order valence-corrected chi connectivity index (χ4v) is 14.3. The Morgan fingerprint density at radius 3 is 1.17 bits per heavy atom. The second-order valence-electron chi connectivity index (χ2n) is 39.4. The van der Waals surface area contributed by atoms with Gasteiger partial charge in [0.05, 0.1) is 12.1 Å². The molecule has 0 spiro atoms. The molecule has 20 N–H and O–H groups in total. The molecule has 2 heterocycles. The maximum absolute atomic E-state index is 14.8. The molecule has 1 aromatic rings. The summed E-state index contributed by atoms with van der Waals surface area (Å²) < 4.78 is 0. The van der Waals surface area contributed by atoms with Gasteiger partial charge in [-0.25, -0.2) is 0 Å². The van der Waals surface area contributed by atoms with Crippen molar-refractivity contribution >= 4 is 118 Å². The third kappa shape index (κ3) is 35.9. The Kier molecular flexibility index (Phi) is 43.3. The van der Waals surface area contributed by atoms with Gasteiger partial charge in [0, 0.05) is 71.9 Å². The molecular formula is C90H150N20O22. The van der Waals surface area contributed by atoms with Crippen LogP contribution in [-0.2, 0) is 102 Å². The molecule has 0 aliphatic carbocycles. The molecule has 132 heavy (non-hydrogen) atoms. The highest BCUT2D eigenvalue weighted by atomic mass is 16.3. The molecular weight excluding hydrogens is 1710 g/mol. The highest BCUT2D eigenvalue weighted by Gasteiger charge is 2.49. The first-order chi connectivity index (χ1) is 60.8. The Balaban J connectivity index is 1.59. The molecule has 0 aromatic heterocycles. The number of nitrogens with one attached hydrogen (secondary N) is 18. The zero-order chi connectivity index (χ0) is 101. The number of carbonyl (C=O) groups is 20. The number of amides is 20. The van der Waals surface area contributed by atoms with Gasteiger partial charge in [-0.15, -0.1) is 0 Å². The molecule has 42 heteroatoms. The normalized spacial score (nSPS) is 16.4. The zero-order valence-electron chi connectivity index (χ0n) is 81.7. The van der Waals surface area contributed by atoms with Gasteiger partial charge < -0.3 is 116 Å². The van der Waals surface area contributed by atoms with Gasteiger partial charge in [-0.1, -0.05) is 78.8 Å². The van der Waals surface area contributed by atoms with Gasteiger partial charge in [-0.3, -0.25) is 95.9 Å². The molecule has 42 nitrogen and oxygen atoms in total. The van der Waals surface area contributed by atoms with Gasteiger partial charge in [-0.05, 0) is 192 Å². The van der Waals surface area contributed by atoms with Crippen molar-refractivity contribution in [3.63, 3.8) is 0 Å². The molecule has 0 bridgehead atoms. The van der Waals surface area contributed by atoms with E-state index in [4.69, 9.17) is 5.11 Å². The molecule has 2 aliphatic heterocycles. The van der Waals surface area contributed by atoms with Crippen molar-refractivity contribution in [1.29, 1.82) is 0 Å². The molecule has 0 saturated carbocycles. The van der Waals surface area contributed by atoms with Crippen molar-refractivity contribution in [3.8, 4) is 0 Å². The van der Waals surface area contributed by atoms with Crippen LogP contribution >= 0.6 is 0 Å². The zero-order valence-corrected chi connectivity index (χ0v) is 81.7. The molecule has 2 aliphatic rings. The Morgan fingerprint density at radius 2 is 0.750 bits per heavy atom. The molecule has 2 fully saturated rings. The summed E-state index contributed by atoms with van der Waals surface area (Å²) in [5, 5.41) is 67.4. The van der Waals surface area contributed by atoms with E-state index in [1.807, 2.05) is 13.8 Å². The Bertz CT molecular complexity index is 4300. The second kappa shape index (κ2) is 49.9. The summed E-state index contributed by atoms with van der Waals surface area (Å²) in [4.78, 5) is 275. The summed E-state index contributed by atoms with van der Waals surface area (Å²) in [5.74, 6) is -14.5. The molecule has 1 aromatic carbocycles. The van der Waals surface area contributed by atoms with Crippen LogP contribution in [0, 0.1) is 17.8 Å². The van der Waals surface area contributed by atoms with E-state index in [0.29, 0.717) is 24.8 Å². The molecule has 3 rings (SSSR count). The largest absolute Gasteiger partial charge is 0.395 e. The maximum Gasteiger partial charge on any atom is 0.251 e. The van der Waals surface area contributed by atoms with E-state index < -0.39 is 223 Å². The van der Waals surface area contributed by atoms with Gasteiger partial charge in [0.1, 0.15) is 87.1 Å². The quantitative estimate of drug-likeness (QED) is 0.0331. The predicted octanol–water partition coefficient (Wildman–Crippen LogP) is -2.15. The third-order valence-corrected chi connectivity index (χ3v) is 22.4. The number of aliphatic hydroxyl groups is 2. The van der Waals surface area contributed by atoms with E-state index in [1.165, 1.54) is 134 Å². The van der Waals surface area contributed by atoms with E-state index in [2.05, 4.69) is 95.7 Å². The van der Waals surface area contributed by atoms with Gasteiger partial charge >= 0.3 is 0 Å². The van der Waals surface area contributed by atoms with Gasteiger partial charge in [0.15, 0.2) is 6.10 Å². The SMILES string of the molecule is CC[C@@](C)(NC(=O)[C@H](Cc1ccccc1)NC(=O)C(C)(C)NC(=O)C(C)(C)NC(=O)[C@H](C)NC(=O)[C@@H]1CCCN1C(=O)C(C)(C)NC(C)=O)C(=O)N1CCC[C@H]1C(=O)N[C@@H](C)C(=O)NC(C)(C)[C@@H](O)C(=O)NCCC(=O)N[C@@H](CC(C)C)C(=O)NC(C)(C)C(=O)NCCC(=O)N[C@@H](CC(C)C)C(=O)NC(C)(C)C(=O)NC(C)(C)C(=O)N[C@@H](CC(C)C)C(=O)NCCC(=O)NCCO. The summed E-state index contributed by atoms with van der Waals surface area (Å²) >= 11 is 0. The molecule has 20 amide bonds. The van der Waals surface area contributed by atoms with Gasteiger partial charge in [0.2, 0.25) is 112 Å². The van der Waals surface area contributed by atoms with E-state index >= 15 is 0 Å². The first kappa shape index (κ1) is 115. The van der Waals surface area contributed by atoms with E-state index in [9.17, 15) is 101 Å². The van der Waals surface area contributed by atoms with Crippen molar-refractivity contribution in [3.05, 3.63) is 35.9 Å². The highest BCUT2D eigenvalue weighted by molar-refractivity contribution is 6.03. The van der Waals surface area contributed by atoms with Crippen molar-refractivity contribution in [2.75, 3.05) is 45.9 Å². The lowest BCUT2D eigenvalue weighted by atomic mass is 9.94. The number of aliphatic hydroxyl groups excluding tert-OH is 2. The summed E-state index contributed by atoms with van der Waals surface area (Å²) in [6.07, 6.45) is -1.18. The van der Waals surface area contributed by atoms with Crippen molar-refractivity contribution in [1.82, 2.24) is 106 Å². The Morgan fingerprint density at radius 1 is 0.379 bits per heavy atom. The predicted molar refractivity (Wildman–Crippen MR) is 488 cm³/mol. The fourth-order valence-electron chi connectivity index (χ4n) is 14.3. The summed E-state index contributed by atoms with van der Waals surface area (Å²) in [6.45, 7) is 37.0. The average molecular weight is 1860 g/mol. The van der Waals surface area contributed by atoms with Crippen LogP contribution in [0.15, 0.2) is 30.3 Å². The van der Waals surface area contributed by atoms with Crippen LogP contribution in [0.4, 0.5) is 0 Å². The number of rotatable bonds is 51. The lowest BCUT2D eigenvalue weighted by Crippen LogP contribution is -2.66. The summed E-state index contributed by atoms with van der Waals surface area (Å²) in [6, 6.07) is -0.821. The van der Waals surface area contributed by atoms with E-state index in [1.54, 1.807) is 65.0 Å². The minimum Gasteiger partial charge on any atom is -0.395 e. The highest BCUT2D eigenvalue weighted by Crippen LogP contribution is 2.27. The lowest BCUT2D eigenvalue weighted by Gasteiger charge is -2.37. The molecule has 2 saturated heterocycles. The second-order valence-corrected chi connectivity index (χ2v) is 39.4. The number of hydrogen-bond acceptors (Lipinski definition) is 22. The summed E-state index contributed by atoms with van der Waals surface area (Å²) in [5.41, 5.74) is -12.6. The van der Waals surface area contributed by atoms with Crippen molar-refractivity contribution < 1.29 is 106 Å². The average Bonchev–Trinajstić information content (AvgIpc) is 1.78. The number of hydrogen-bond donors (Lipinski definition) is 20. The molecule has 742 valence electrons. The maximum atomic E-state index is 14.8. The number of carbonyl (C=O) groups excluding carboxylic acids is 20.